The van der Waals surface area contributed by atoms with Crippen molar-refractivity contribution in [1.82, 2.24) is 21.0 Å². The van der Waals surface area contributed by atoms with Gasteiger partial charge in [0.2, 0.25) is 5.91 Å². The molecule has 2 amide bonds. The first-order chi connectivity index (χ1) is 14.5. The van der Waals surface area contributed by atoms with Crippen LogP contribution in [0.15, 0.2) is 53.3 Å². The molecule has 9 nitrogen and oxygen atoms in total. The predicted octanol–water partition coefficient (Wildman–Crippen LogP) is 1.75. The van der Waals surface area contributed by atoms with Gasteiger partial charge in [0.15, 0.2) is 11.5 Å². The number of aromatic amines is 1. The van der Waals surface area contributed by atoms with Gasteiger partial charge < -0.3 is 4.74 Å². The van der Waals surface area contributed by atoms with Gasteiger partial charge >= 0.3 is 0 Å². The van der Waals surface area contributed by atoms with E-state index in [1.807, 2.05) is 6.92 Å². The molecule has 0 unspecified atom stereocenters. The number of hydrogen-bond donors (Lipinski definition) is 3. The SMILES string of the molecule is CCOc1ccc(C(=O)CCC(=O)NNC(=O)c2n[nH]c(=O)c3ccccc23)cc1. The summed E-state index contributed by atoms with van der Waals surface area (Å²) in [5.74, 6) is -0.754. The Morgan fingerprint density at radius 3 is 2.37 bits per heavy atom. The number of ketones is 1. The highest BCUT2D eigenvalue weighted by Crippen LogP contribution is 2.14. The minimum Gasteiger partial charge on any atom is -0.494 e. The molecule has 0 atom stereocenters. The van der Waals surface area contributed by atoms with E-state index in [0.717, 1.165) is 0 Å². The van der Waals surface area contributed by atoms with Crippen LogP contribution in [0.5, 0.6) is 5.75 Å². The number of fused-ring (bicyclic) bond motifs is 1. The van der Waals surface area contributed by atoms with E-state index in [9.17, 15) is 19.2 Å². The molecule has 0 saturated carbocycles. The predicted molar refractivity (Wildman–Crippen MR) is 109 cm³/mol. The number of carbonyl (C=O) groups excluding carboxylic acids is 3. The van der Waals surface area contributed by atoms with E-state index >= 15 is 0 Å². The van der Waals surface area contributed by atoms with Crippen LogP contribution < -0.4 is 21.1 Å². The summed E-state index contributed by atoms with van der Waals surface area (Å²) < 4.78 is 5.32. The van der Waals surface area contributed by atoms with Gasteiger partial charge in [0, 0.05) is 23.8 Å². The number of carbonyl (C=O) groups is 3. The molecular weight excluding hydrogens is 388 g/mol. The van der Waals surface area contributed by atoms with Crippen LogP contribution in [-0.2, 0) is 4.79 Å². The summed E-state index contributed by atoms with van der Waals surface area (Å²) in [6.07, 6.45) is -0.123. The molecule has 1 heterocycles. The van der Waals surface area contributed by atoms with E-state index in [4.69, 9.17) is 4.74 Å². The topological polar surface area (TPSA) is 130 Å². The van der Waals surface area contributed by atoms with E-state index in [1.165, 1.54) is 0 Å². The monoisotopic (exact) mass is 408 g/mol. The molecule has 0 aliphatic heterocycles. The molecule has 0 bridgehead atoms. The number of nitrogens with one attached hydrogen (secondary N) is 3. The van der Waals surface area contributed by atoms with E-state index in [0.29, 0.717) is 28.7 Å². The molecule has 2 aromatic carbocycles. The smallest absolute Gasteiger partial charge is 0.290 e. The van der Waals surface area contributed by atoms with Gasteiger partial charge in [-0.2, -0.15) is 5.10 Å². The first-order valence-electron chi connectivity index (χ1n) is 9.32. The van der Waals surface area contributed by atoms with Crippen molar-refractivity contribution >= 4 is 28.4 Å². The zero-order valence-electron chi connectivity index (χ0n) is 16.2. The number of amides is 2. The van der Waals surface area contributed by atoms with Crippen molar-refractivity contribution in [3.63, 3.8) is 0 Å². The van der Waals surface area contributed by atoms with Gasteiger partial charge in [0.05, 0.1) is 12.0 Å². The second-order valence-corrected chi connectivity index (χ2v) is 6.33. The number of nitrogens with zero attached hydrogens (tertiary/aromatic N) is 1. The minimum atomic E-state index is -0.686. The Balaban J connectivity index is 1.53. The van der Waals surface area contributed by atoms with Crippen LogP contribution in [0.4, 0.5) is 0 Å². The third-order valence-corrected chi connectivity index (χ3v) is 4.29. The van der Waals surface area contributed by atoms with E-state index in [-0.39, 0.29) is 24.3 Å². The highest BCUT2D eigenvalue weighted by molar-refractivity contribution is 6.05. The fourth-order valence-electron chi connectivity index (χ4n) is 2.81. The third-order valence-electron chi connectivity index (χ3n) is 4.29. The highest BCUT2D eigenvalue weighted by Gasteiger charge is 2.15. The molecule has 1 aromatic heterocycles. The lowest BCUT2D eigenvalue weighted by molar-refractivity contribution is -0.121. The van der Waals surface area contributed by atoms with Gasteiger partial charge in [-0.3, -0.25) is 30.0 Å². The zero-order valence-corrected chi connectivity index (χ0v) is 16.2. The largest absolute Gasteiger partial charge is 0.494 e. The van der Waals surface area contributed by atoms with Crippen LogP contribution in [-0.4, -0.2) is 34.4 Å². The van der Waals surface area contributed by atoms with Crippen molar-refractivity contribution in [3.05, 3.63) is 70.1 Å². The summed E-state index contributed by atoms with van der Waals surface area (Å²) in [6.45, 7) is 2.40. The molecule has 0 radical (unpaired) electrons. The molecule has 154 valence electrons. The third kappa shape index (κ3) is 4.88. The second kappa shape index (κ2) is 9.46. The molecule has 30 heavy (non-hydrogen) atoms. The van der Waals surface area contributed by atoms with Crippen molar-refractivity contribution in [2.24, 2.45) is 0 Å². The van der Waals surface area contributed by atoms with Crippen LogP contribution in [0.2, 0.25) is 0 Å². The van der Waals surface area contributed by atoms with E-state index < -0.39 is 17.4 Å². The molecule has 3 rings (SSSR count). The Labute approximate surface area is 171 Å². The maximum absolute atomic E-state index is 12.3. The van der Waals surface area contributed by atoms with Gasteiger partial charge in [-0.25, -0.2) is 5.10 Å². The van der Waals surface area contributed by atoms with Gasteiger partial charge in [-0.05, 0) is 37.3 Å². The van der Waals surface area contributed by atoms with Crippen molar-refractivity contribution in [3.8, 4) is 5.75 Å². The summed E-state index contributed by atoms with van der Waals surface area (Å²) in [5.41, 5.74) is 4.52. The number of Topliss-reactive ketones (excluding diaryl/α,β-unsaturated/α-hetero) is 1. The normalized spacial score (nSPS) is 10.4. The summed E-state index contributed by atoms with van der Waals surface area (Å²) in [7, 11) is 0. The Morgan fingerprint density at radius 2 is 1.67 bits per heavy atom. The van der Waals surface area contributed by atoms with Crippen molar-refractivity contribution < 1.29 is 19.1 Å². The Kier molecular flexibility index (Phi) is 6.53. The average Bonchev–Trinajstić information content (AvgIpc) is 2.77. The fraction of sp³-hybridized carbons (Fsp3) is 0.190. The summed E-state index contributed by atoms with van der Waals surface area (Å²) in [4.78, 5) is 48.3. The van der Waals surface area contributed by atoms with Crippen molar-refractivity contribution in [2.75, 3.05) is 6.61 Å². The molecule has 0 saturated heterocycles. The van der Waals surface area contributed by atoms with Gasteiger partial charge in [-0.15, -0.1) is 0 Å². The van der Waals surface area contributed by atoms with Crippen molar-refractivity contribution in [2.45, 2.75) is 19.8 Å². The van der Waals surface area contributed by atoms with Crippen LogP contribution in [0.1, 0.15) is 40.6 Å². The molecule has 3 N–H and O–H groups in total. The summed E-state index contributed by atoms with van der Waals surface area (Å²) in [5, 5.41) is 6.67. The Morgan fingerprint density at radius 1 is 0.967 bits per heavy atom. The molecular formula is C21H20N4O5. The first-order valence-corrected chi connectivity index (χ1v) is 9.32. The fourth-order valence-corrected chi connectivity index (χ4v) is 2.81. The van der Waals surface area contributed by atoms with Gasteiger partial charge in [0.25, 0.3) is 11.5 Å². The van der Waals surface area contributed by atoms with Crippen LogP contribution in [0.25, 0.3) is 10.8 Å². The number of hydrogen-bond acceptors (Lipinski definition) is 6. The Hall–Kier alpha value is -4.01. The molecule has 3 aromatic rings. The maximum atomic E-state index is 12.3. The standard InChI is InChI=1S/C21H20N4O5/c1-2-30-14-9-7-13(8-10-14)17(26)11-12-18(27)22-25-21(29)19-15-5-3-4-6-16(15)20(28)24-23-19/h3-10H,2,11-12H2,1H3,(H,22,27)(H,24,28)(H,25,29). The van der Waals surface area contributed by atoms with Crippen LogP contribution in [0, 0.1) is 0 Å². The molecule has 0 aliphatic carbocycles. The summed E-state index contributed by atoms with van der Waals surface area (Å²) in [6, 6.07) is 13.2. The second-order valence-electron chi connectivity index (χ2n) is 6.33. The Bertz CT molecular complexity index is 1140. The number of ether oxygens (including phenoxy) is 1. The van der Waals surface area contributed by atoms with Gasteiger partial charge in [0.1, 0.15) is 5.75 Å². The average molecular weight is 408 g/mol. The lowest BCUT2D eigenvalue weighted by atomic mass is 10.1. The minimum absolute atomic E-state index is 0.0183. The van der Waals surface area contributed by atoms with Gasteiger partial charge in [-0.1, -0.05) is 18.2 Å². The summed E-state index contributed by atoms with van der Waals surface area (Å²) >= 11 is 0. The van der Waals surface area contributed by atoms with E-state index in [1.54, 1.807) is 48.5 Å². The van der Waals surface area contributed by atoms with Crippen LogP contribution >= 0.6 is 0 Å². The molecule has 0 aliphatic rings. The zero-order chi connectivity index (χ0) is 21.5. The lowest BCUT2D eigenvalue weighted by Crippen LogP contribution is -2.42. The number of H-pyrrole nitrogens is 1. The van der Waals surface area contributed by atoms with Crippen molar-refractivity contribution in [1.29, 1.82) is 0 Å². The number of aromatic nitrogens is 2. The number of hydrazine groups is 1. The number of rotatable bonds is 7. The first kappa shape index (κ1) is 20.7. The molecule has 9 heteroatoms. The number of benzene rings is 2. The quantitative estimate of drug-likeness (QED) is 0.403. The molecule has 0 fully saturated rings. The van der Waals surface area contributed by atoms with E-state index in [2.05, 4.69) is 21.0 Å². The lowest BCUT2D eigenvalue weighted by Gasteiger charge is -2.08. The van der Waals surface area contributed by atoms with Crippen LogP contribution in [0.3, 0.4) is 0 Å². The molecule has 0 spiro atoms. The maximum Gasteiger partial charge on any atom is 0.290 e. The highest BCUT2D eigenvalue weighted by atomic mass is 16.5.